The first kappa shape index (κ1) is 13.4. The van der Waals surface area contributed by atoms with Gasteiger partial charge in [-0.3, -0.25) is 0 Å². The third-order valence-electron chi connectivity index (χ3n) is 4.66. The third-order valence-corrected chi connectivity index (χ3v) is 4.66. The minimum atomic E-state index is -0.292. The second-order valence-corrected chi connectivity index (χ2v) is 6.14. The molecule has 0 amide bonds. The predicted octanol–water partition coefficient (Wildman–Crippen LogP) is 3.97. The number of anilines is 1. The molecule has 1 aromatic carbocycles. The summed E-state index contributed by atoms with van der Waals surface area (Å²) in [4.78, 5) is 4.15. The molecule has 4 heteroatoms. The molecule has 0 atom stereocenters. The van der Waals surface area contributed by atoms with E-state index in [0.29, 0.717) is 11.5 Å². The Hall–Kier alpha value is -1.58. The van der Waals surface area contributed by atoms with Crippen molar-refractivity contribution >= 4 is 17.0 Å². The van der Waals surface area contributed by atoms with E-state index in [-0.39, 0.29) is 5.82 Å². The van der Waals surface area contributed by atoms with E-state index in [4.69, 9.17) is 5.73 Å². The lowest BCUT2D eigenvalue weighted by Gasteiger charge is -2.26. The molecule has 1 aromatic heterocycles. The number of imidazole rings is 1. The van der Waals surface area contributed by atoms with Gasteiger partial charge in [-0.2, -0.15) is 0 Å². The van der Waals surface area contributed by atoms with Crippen LogP contribution in [0.5, 0.6) is 0 Å². The number of rotatable bonds is 3. The van der Waals surface area contributed by atoms with Crippen LogP contribution in [-0.4, -0.2) is 9.55 Å². The van der Waals surface area contributed by atoms with Gasteiger partial charge >= 0.3 is 0 Å². The lowest BCUT2D eigenvalue weighted by molar-refractivity contribution is 0.270. The maximum absolute atomic E-state index is 13.7. The predicted molar refractivity (Wildman–Crippen MR) is 79.8 cm³/mol. The maximum atomic E-state index is 13.7. The molecule has 1 aliphatic carbocycles. The van der Waals surface area contributed by atoms with Gasteiger partial charge in [0.1, 0.15) is 5.52 Å². The first-order chi connectivity index (χ1) is 9.65. The van der Waals surface area contributed by atoms with Crippen molar-refractivity contribution in [1.29, 1.82) is 0 Å². The van der Waals surface area contributed by atoms with E-state index in [2.05, 4.69) is 11.9 Å². The zero-order valence-corrected chi connectivity index (χ0v) is 12.0. The Morgan fingerprint density at radius 2 is 2.05 bits per heavy atom. The van der Waals surface area contributed by atoms with Gasteiger partial charge in [0.05, 0.1) is 5.52 Å². The molecule has 20 heavy (non-hydrogen) atoms. The van der Waals surface area contributed by atoms with Gasteiger partial charge in [-0.05, 0) is 30.4 Å². The van der Waals surface area contributed by atoms with Gasteiger partial charge in [0, 0.05) is 6.54 Å². The monoisotopic (exact) mass is 275 g/mol. The molecule has 3 nitrogen and oxygen atoms in total. The number of aryl methyl sites for hydroxylation is 1. The summed E-state index contributed by atoms with van der Waals surface area (Å²) in [5.41, 5.74) is 7.15. The lowest BCUT2D eigenvalue weighted by atomic mass is 9.81. The van der Waals surface area contributed by atoms with Gasteiger partial charge in [0.25, 0.3) is 0 Å². The largest absolute Gasteiger partial charge is 0.369 e. The van der Waals surface area contributed by atoms with Crippen LogP contribution in [0.3, 0.4) is 0 Å². The number of nitrogens with zero attached hydrogens (tertiary/aromatic N) is 2. The van der Waals surface area contributed by atoms with Crippen LogP contribution in [0.15, 0.2) is 18.2 Å². The van der Waals surface area contributed by atoms with Crippen molar-refractivity contribution in [1.82, 2.24) is 9.55 Å². The lowest BCUT2D eigenvalue weighted by Crippen LogP contribution is -2.15. The minimum Gasteiger partial charge on any atom is -0.369 e. The number of halogens is 1. The molecule has 0 radical (unpaired) electrons. The highest BCUT2D eigenvalue weighted by Crippen LogP contribution is 2.31. The topological polar surface area (TPSA) is 43.8 Å². The van der Waals surface area contributed by atoms with E-state index in [1.807, 2.05) is 10.6 Å². The molecule has 1 aliphatic rings. The van der Waals surface area contributed by atoms with Crippen molar-refractivity contribution in [3.8, 4) is 0 Å². The number of benzene rings is 1. The summed E-state index contributed by atoms with van der Waals surface area (Å²) in [5, 5.41) is 0. The van der Waals surface area contributed by atoms with Crippen molar-refractivity contribution in [2.75, 3.05) is 5.73 Å². The smallest absolute Gasteiger partial charge is 0.201 e. The average Bonchev–Trinajstić information content (AvgIpc) is 2.76. The molecule has 1 heterocycles. The van der Waals surface area contributed by atoms with E-state index in [1.54, 1.807) is 6.07 Å². The van der Waals surface area contributed by atoms with E-state index in [0.717, 1.165) is 30.3 Å². The van der Waals surface area contributed by atoms with Crippen LogP contribution < -0.4 is 5.73 Å². The summed E-state index contributed by atoms with van der Waals surface area (Å²) >= 11 is 0. The maximum Gasteiger partial charge on any atom is 0.201 e. The summed E-state index contributed by atoms with van der Waals surface area (Å²) in [7, 11) is 0. The Balaban J connectivity index is 1.74. The van der Waals surface area contributed by atoms with Crippen LogP contribution in [0.4, 0.5) is 10.3 Å². The Morgan fingerprint density at radius 3 is 2.80 bits per heavy atom. The van der Waals surface area contributed by atoms with Gasteiger partial charge in [-0.15, -0.1) is 0 Å². The molecule has 108 valence electrons. The molecular weight excluding hydrogens is 253 g/mol. The second-order valence-electron chi connectivity index (χ2n) is 6.14. The Kier molecular flexibility index (Phi) is 3.64. The molecule has 1 saturated carbocycles. The molecule has 2 N–H and O–H groups in total. The molecule has 0 bridgehead atoms. The molecule has 0 saturated heterocycles. The summed E-state index contributed by atoms with van der Waals surface area (Å²) < 4.78 is 15.6. The van der Waals surface area contributed by atoms with E-state index < -0.39 is 0 Å². The molecule has 0 unspecified atom stereocenters. The van der Waals surface area contributed by atoms with E-state index >= 15 is 0 Å². The van der Waals surface area contributed by atoms with Gasteiger partial charge in [0.15, 0.2) is 5.82 Å². The van der Waals surface area contributed by atoms with Crippen LogP contribution in [0.25, 0.3) is 11.0 Å². The van der Waals surface area contributed by atoms with Gasteiger partial charge in [-0.25, -0.2) is 9.37 Å². The Morgan fingerprint density at radius 1 is 1.30 bits per heavy atom. The van der Waals surface area contributed by atoms with Crippen LogP contribution in [-0.2, 0) is 6.54 Å². The summed E-state index contributed by atoms with van der Waals surface area (Å²) in [6.45, 7) is 3.17. The van der Waals surface area contributed by atoms with Crippen molar-refractivity contribution in [3.05, 3.63) is 24.0 Å². The minimum absolute atomic E-state index is 0.292. The van der Waals surface area contributed by atoms with Gasteiger partial charge in [-0.1, -0.05) is 38.7 Å². The molecular formula is C16H22FN3. The number of hydrogen-bond acceptors (Lipinski definition) is 2. The molecule has 0 aliphatic heterocycles. The fraction of sp³-hybridized carbons (Fsp3) is 0.562. The molecule has 0 spiro atoms. The average molecular weight is 275 g/mol. The molecule has 3 rings (SSSR count). The van der Waals surface area contributed by atoms with Crippen molar-refractivity contribution < 1.29 is 4.39 Å². The van der Waals surface area contributed by atoms with Crippen LogP contribution in [0.1, 0.15) is 39.0 Å². The second kappa shape index (κ2) is 5.43. The van der Waals surface area contributed by atoms with Crippen molar-refractivity contribution in [2.24, 2.45) is 11.8 Å². The van der Waals surface area contributed by atoms with Gasteiger partial charge < -0.3 is 10.3 Å². The Labute approximate surface area is 119 Å². The van der Waals surface area contributed by atoms with Crippen LogP contribution >= 0.6 is 0 Å². The Bertz CT molecular complexity index is 597. The highest BCUT2D eigenvalue weighted by molar-refractivity contribution is 5.78. The SMILES string of the molecule is CC1CCC(CCn2c(N)nc3c(F)cccc32)CC1. The third kappa shape index (κ3) is 2.51. The van der Waals surface area contributed by atoms with Crippen LogP contribution in [0.2, 0.25) is 0 Å². The fourth-order valence-electron chi connectivity index (χ4n) is 3.30. The number of hydrogen-bond donors (Lipinski definition) is 1. The molecule has 2 aromatic rings. The van der Waals surface area contributed by atoms with Crippen molar-refractivity contribution in [3.63, 3.8) is 0 Å². The highest BCUT2D eigenvalue weighted by atomic mass is 19.1. The number of nitrogens with two attached hydrogens (primary N) is 1. The zero-order chi connectivity index (χ0) is 14.1. The van der Waals surface area contributed by atoms with Gasteiger partial charge in [0.2, 0.25) is 5.95 Å². The standard InChI is InChI=1S/C16H22FN3/c1-11-5-7-12(8-6-11)9-10-20-14-4-2-3-13(17)15(14)19-16(20)18/h2-4,11-12H,5-10H2,1H3,(H2,18,19). The normalized spacial score (nSPS) is 23.3. The quantitative estimate of drug-likeness (QED) is 0.921. The molecule has 1 fully saturated rings. The summed E-state index contributed by atoms with van der Waals surface area (Å²) in [6.07, 6.45) is 6.39. The number of fused-ring (bicyclic) bond motifs is 1. The number of para-hydroxylation sites is 1. The fourth-order valence-corrected chi connectivity index (χ4v) is 3.30. The zero-order valence-electron chi connectivity index (χ0n) is 12.0. The summed E-state index contributed by atoms with van der Waals surface area (Å²) in [5.74, 6) is 1.78. The number of nitrogen functional groups attached to an aromatic ring is 1. The number of aromatic nitrogens is 2. The van der Waals surface area contributed by atoms with Crippen molar-refractivity contribution in [2.45, 2.75) is 45.6 Å². The van der Waals surface area contributed by atoms with E-state index in [9.17, 15) is 4.39 Å². The first-order valence-corrected chi connectivity index (χ1v) is 7.55. The summed E-state index contributed by atoms with van der Waals surface area (Å²) in [6, 6.07) is 5.05. The highest BCUT2D eigenvalue weighted by Gasteiger charge is 2.19. The first-order valence-electron chi connectivity index (χ1n) is 7.55. The van der Waals surface area contributed by atoms with Crippen LogP contribution in [0, 0.1) is 17.7 Å². The van der Waals surface area contributed by atoms with E-state index in [1.165, 1.54) is 31.7 Å².